The van der Waals surface area contributed by atoms with E-state index in [1.165, 1.54) is 29.5 Å². The van der Waals surface area contributed by atoms with Gasteiger partial charge in [0.2, 0.25) is 0 Å². The maximum atomic E-state index is 13.6. The van der Waals surface area contributed by atoms with Gasteiger partial charge in [-0.25, -0.2) is 13.8 Å². The average molecular weight is 352 g/mol. The topological polar surface area (TPSA) is 44.0 Å². The number of hydrogen-bond acceptors (Lipinski definition) is 3. The van der Waals surface area contributed by atoms with Crippen molar-refractivity contribution in [2.75, 3.05) is 0 Å². The summed E-state index contributed by atoms with van der Waals surface area (Å²) >= 11 is 1.27. The van der Waals surface area contributed by atoms with Crippen LogP contribution in [0, 0.1) is 5.82 Å². The van der Waals surface area contributed by atoms with E-state index in [0.717, 1.165) is 10.1 Å². The van der Waals surface area contributed by atoms with Gasteiger partial charge in [-0.1, -0.05) is 36.4 Å². The summed E-state index contributed by atoms with van der Waals surface area (Å²) in [6, 6.07) is 16.8. The van der Waals surface area contributed by atoms with Gasteiger partial charge in [-0.05, 0) is 35.2 Å². The lowest BCUT2D eigenvalue weighted by Gasteiger charge is -2.12. The van der Waals surface area contributed by atoms with Crippen LogP contribution in [0.4, 0.5) is 4.39 Å². The summed E-state index contributed by atoms with van der Waals surface area (Å²) in [5, 5.41) is 1.78. The zero-order valence-electron chi connectivity index (χ0n) is 13.1. The first-order valence-corrected chi connectivity index (χ1v) is 8.56. The molecule has 0 atom stereocenters. The van der Waals surface area contributed by atoms with Crippen LogP contribution < -0.4 is 11.2 Å². The molecule has 0 saturated heterocycles. The Morgan fingerprint density at radius 1 is 0.960 bits per heavy atom. The largest absolute Gasteiger partial charge is 0.336 e. The molecule has 0 radical (unpaired) electrons. The van der Waals surface area contributed by atoms with E-state index in [1.54, 1.807) is 22.1 Å². The van der Waals surface area contributed by atoms with Crippen molar-refractivity contribution in [1.29, 1.82) is 0 Å². The van der Waals surface area contributed by atoms with Crippen molar-refractivity contribution >= 4 is 21.6 Å². The lowest BCUT2D eigenvalue weighted by molar-refractivity contribution is 0.624. The molecule has 2 heterocycles. The van der Waals surface area contributed by atoms with Crippen molar-refractivity contribution in [2.45, 2.75) is 6.54 Å². The molecule has 0 aliphatic carbocycles. The number of hydrogen-bond donors (Lipinski definition) is 0. The molecule has 25 heavy (non-hydrogen) atoms. The fourth-order valence-corrected chi connectivity index (χ4v) is 3.67. The van der Waals surface area contributed by atoms with Crippen LogP contribution in [-0.4, -0.2) is 9.13 Å². The zero-order valence-corrected chi connectivity index (χ0v) is 13.9. The van der Waals surface area contributed by atoms with Gasteiger partial charge in [0.1, 0.15) is 10.5 Å². The quantitative estimate of drug-likeness (QED) is 0.567. The van der Waals surface area contributed by atoms with Crippen molar-refractivity contribution in [3.63, 3.8) is 0 Å². The van der Waals surface area contributed by atoms with Gasteiger partial charge in [0.05, 0.1) is 17.7 Å². The summed E-state index contributed by atoms with van der Waals surface area (Å²) in [5.41, 5.74) is 0.862. The highest BCUT2D eigenvalue weighted by molar-refractivity contribution is 7.17. The van der Waals surface area contributed by atoms with Crippen molar-refractivity contribution in [1.82, 2.24) is 9.13 Å². The van der Waals surface area contributed by atoms with E-state index in [4.69, 9.17) is 0 Å². The maximum absolute atomic E-state index is 13.6. The Hall–Kier alpha value is -2.99. The summed E-state index contributed by atoms with van der Waals surface area (Å²) in [7, 11) is 0. The molecule has 0 amide bonds. The van der Waals surface area contributed by atoms with Crippen LogP contribution in [0.1, 0.15) is 5.56 Å². The zero-order chi connectivity index (χ0) is 17.4. The van der Waals surface area contributed by atoms with Gasteiger partial charge in [0.15, 0.2) is 0 Å². The molecule has 0 spiro atoms. The molecule has 0 aliphatic heterocycles. The molecule has 4 aromatic rings. The van der Waals surface area contributed by atoms with Crippen LogP contribution in [0.3, 0.4) is 0 Å². The highest BCUT2D eigenvalue weighted by Crippen LogP contribution is 2.17. The Bertz CT molecular complexity index is 1180. The first-order chi connectivity index (χ1) is 12.1. The summed E-state index contributed by atoms with van der Waals surface area (Å²) in [4.78, 5) is 25.8. The van der Waals surface area contributed by atoms with Gasteiger partial charge < -0.3 is 0 Å². The molecule has 2 aromatic carbocycles. The van der Waals surface area contributed by atoms with Gasteiger partial charge >= 0.3 is 5.69 Å². The standard InChI is InChI=1S/C19H13FN2O2S/c20-14-7-4-8-15(11-14)22-18(23)17-16(9-10-25-17)21(19(22)24)12-13-5-2-1-3-6-13/h1-11H,12H2. The number of nitrogens with zero attached hydrogens (tertiary/aromatic N) is 2. The van der Waals surface area contributed by atoms with Crippen molar-refractivity contribution < 1.29 is 4.39 Å². The molecule has 0 saturated carbocycles. The minimum absolute atomic E-state index is 0.229. The van der Waals surface area contributed by atoms with E-state index in [9.17, 15) is 14.0 Å². The number of fused-ring (bicyclic) bond motifs is 1. The fraction of sp³-hybridized carbons (Fsp3) is 0.0526. The number of halogens is 1. The second kappa shape index (κ2) is 6.14. The maximum Gasteiger partial charge on any atom is 0.336 e. The molecule has 0 unspecified atom stereocenters. The lowest BCUT2D eigenvalue weighted by Crippen LogP contribution is -2.38. The smallest absolute Gasteiger partial charge is 0.288 e. The van der Waals surface area contributed by atoms with Crippen LogP contribution >= 0.6 is 11.3 Å². The predicted molar refractivity (Wildman–Crippen MR) is 97.2 cm³/mol. The van der Waals surface area contributed by atoms with Gasteiger partial charge in [0.25, 0.3) is 5.56 Å². The molecule has 4 rings (SSSR count). The Morgan fingerprint density at radius 3 is 2.52 bits per heavy atom. The Morgan fingerprint density at radius 2 is 1.76 bits per heavy atom. The molecule has 124 valence electrons. The Balaban J connectivity index is 2.02. The molecule has 6 heteroatoms. The van der Waals surface area contributed by atoms with Crippen molar-refractivity contribution in [3.05, 3.63) is 98.3 Å². The second-order valence-corrected chi connectivity index (χ2v) is 6.53. The number of aromatic nitrogens is 2. The Labute approximate surface area is 146 Å². The lowest BCUT2D eigenvalue weighted by atomic mass is 10.2. The Kier molecular flexibility index (Phi) is 3.82. The minimum Gasteiger partial charge on any atom is -0.288 e. The molecule has 0 N–H and O–H groups in total. The van der Waals surface area contributed by atoms with Crippen molar-refractivity contribution in [2.24, 2.45) is 0 Å². The number of rotatable bonds is 3. The molecule has 0 aliphatic rings. The highest BCUT2D eigenvalue weighted by atomic mass is 32.1. The summed E-state index contributed by atoms with van der Waals surface area (Å²) in [5.74, 6) is -0.496. The van der Waals surface area contributed by atoms with E-state index in [0.29, 0.717) is 16.8 Å². The molecular weight excluding hydrogens is 339 g/mol. The number of benzene rings is 2. The molecule has 2 aromatic heterocycles. The molecule has 0 bridgehead atoms. The first kappa shape index (κ1) is 15.5. The highest BCUT2D eigenvalue weighted by Gasteiger charge is 2.16. The fourth-order valence-electron chi connectivity index (χ4n) is 2.85. The third kappa shape index (κ3) is 2.70. The monoisotopic (exact) mass is 352 g/mol. The first-order valence-electron chi connectivity index (χ1n) is 7.68. The average Bonchev–Trinajstić information content (AvgIpc) is 3.10. The normalized spacial score (nSPS) is 11.1. The van der Waals surface area contributed by atoms with Crippen LogP contribution in [0.2, 0.25) is 0 Å². The summed E-state index contributed by atoms with van der Waals surface area (Å²) in [6.45, 7) is 0.336. The van der Waals surface area contributed by atoms with Crippen LogP contribution in [-0.2, 0) is 6.54 Å². The van der Waals surface area contributed by atoms with Gasteiger partial charge in [0, 0.05) is 0 Å². The predicted octanol–water partition coefficient (Wildman–Crippen LogP) is 3.40. The van der Waals surface area contributed by atoms with Gasteiger partial charge in [-0.15, -0.1) is 11.3 Å². The number of thiophene rings is 1. The summed E-state index contributed by atoms with van der Waals surface area (Å²) < 4.78 is 16.6. The molecular formula is C19H13FN2O2S. The van der Waals surface area contributed by atoms with E-state index >= 15 is 0 Å². The SMILES string of the molecule is O=c1c2sccc2n(Cc2ccccc2)c(=O)n1-c1cccc(F)c1. The van der Waals surface area contributed by atoms with Crippen LogP contribution in [0.25, 0.3) is 15.9 Å². The van der Waals surface area contributed by atoms with Crippen molar-refractivity contribution in [3.8, 4) is 5.69 Å². The third-order valence-electron chi connectivity index (χ3n) is 4.00. The van der Waals surface area contributed by atoms with Crippen LogP contribution in [0.15, 0.2) is 75.6 Å². The van der Waals surface area contributed by atoms with Gasteiger partial charge in [-0.3, -0.25) is 9.36 Å². The minimum atomic E-state index is -0.496. The molecule has 4 nitrogen and oxygen atoms in total. The van der Waals surface area contributed by atoms with Crippen LogP contribution in [0.5, 0.6) is 0 Å². The van der Waals surface area contributed by atoms with E-state index in [-0.39, 0.29) is 5.69 Å². The molecule has 0 fully saturated rings. The van der Waals surface area contributed by atoms with E-state index in [1.807, 2.05) is 30.3 Å². The van der Waals surface area contributed by atoms with E-state index < -0.39 is 17.1 Å². The third-order valence-corrected chi connectivity index (χ3v) is 4.90. The second-order valence-electron chi connectivity index (χ2n) is 5.61. The van der Waals surface area contributed by atoms with Gasteiger partial charge in [-0.2, -0.15) is 0 Å². The summed E-state index contributed by atoms with van der Waals surface area (Å²) in [6.07, 6.45) is 0. The van der Waals surface area contributed by atoms with E-state index in [2.05, 4.69) is 0 Å².